The van der Waals surface area contributed by atoms with Crippen LogP contribution in [0.5, 0.6) is 5.75 Å². The normalized spacial score (nSPS) is 11.7. The molecule has 0 N–H and O–H groups in total. The predicted octanol–water partition coefficient (Wildman–Crippen LogP) is 5.69. The van der Waals surface area contributed by atoms with Gasteiger partial charge in [-0.1, -0.05) is 36.4 Å². The van der Waals surface area contributed by atoms with Gasteiger partial charge in [-0.25, -0.2) is 0 Å². The fourth-order valence-corrected chi connectivity index (χ4v) is 5.28. The summed E-state index contributed by atoms with van der Waals surface area (Å²) in [6.45, 7) is 5.48. The van der Waals surface area contributed by atoms with E-state index in [2.05, 4.69) is 27.5 Å². The molecule has 0 aliphatic rings. The quantitative estimate of drug-likeness (QED) is 0.128. The van der Waals surface area contributed by atoms with Crippen molar-refractivity contribution in [3.8, 4) is 5.75 Å². The number of benzene rings is 3. The molecule has 0 saturated heterocycles. The summed E-state index contributed by atoms with van der Waals surface area (Å²) >= 11 is 2.19. The van der Waals surface area contributed by atoms with E-state index >= 15 is 0 Å². The van der Waals surface area contributed by atoms with E-state index in [1.165, 1.54) is 12.1 Å². The lowest BCUT2D eigenvalue weighted by Gasteiger charge is -2.23. The van der Waals surface area contributed by atoms with Crippen molar-refractivity contribution < 1.29 is 17.4 Å². The summed E-state index contributed by atoms with van der Waals surface area (Å²) in [5, 5.41) is 0. The molecule has 0 aliphatic carbocycles. The number of halogens is 1. The molecule has 0 heterocycles. The zero-order chi connectivity index (χ0) is 25.6. The number of ketones is 1. The second-order valence-corrected chi connectivity index (χ2v) is 10.7. The molecule has 0 aromatic heterocycles. The molecule has 0 spiro atoms. The van der Waals surface area contributed by atoms with Crippen molar-refractivity contribution in [1.29, 1.82) is 0 Å². The summed E-state index contributed by atoms with van der Waals surface area (Å²) in [5.41, 5.74) is 2.15. The number of rotatable bonds is 10. The maximum absolute atomic E-state index is 13.9. The third-order valence-corrected chi connectivity index (χ3v) is 7.55. The molecular formula is C27H29IN2O4S. The molecule has 184 valence electrons. The molecule has 8 heteroatoms. The lowest BCUT2D eigenvalue weighted by molar-refractivity contribution is 0.105. The van der Waals surface area contributed by atoms with Crippen molar-refractivity contribution in [2.45, 2.75) is 18.7 Å². The summed E-state index contributed by atoms with van der Waals surface area (Å²) in [7, 11) is -0.475. The molecule has 0 unspecified atom stereocenters. The van der Waals surface area contributed by atoms with E-state index in [0.29, 0.717) is 5.57 Å². The molecule has 0 aliphatic heterocycles. The minimum Gasteiger partial charge on any atom is -0.383 e. The first-order valence-corrected chi connectivity index (χ1v) is 13.7. The van der Waals surface area contributed by atoms with E-state index in [0.717, 1.165) is 27.9 Å². The number of carbonyl (C=O) groups is 1. The van der Waals surface area contributed by atoms with E-state index in [4.69, 9.17) is 4.18 Å². The van der Waals surface area contributed by atoms with Crippen molar-refractivity contribution >= 4 is 49.8 Å². The molecule has 0 atom stereocenters. The van der Waals surface area contributed by atoms with Crippen molar-refractivity contribution in [3.63, 3.8) is 0 Å². The van der Waals surface area contributed by atoms with Gasteiger partial charge in [-0.15, -0.1) is 0 Å². The van der Waals surface area contributed by atoms with Crippen LogP contribution in [-0.2, 0) is 10.1 Å². The van der Waals surface area contributed by atoms with Crippen molar-refractivity contribution in [1.82, 2.24) is 4.90 Å². The maximum Gasteiger partial charge on any atom is 0.339 e. The number of hydrogen-bond acceptors (Lipinski definition) is 6. The Morgan fingerprint density at radius 3 is 2.14 bits per heavy atom. The molecule has 0 radical (unpaired) electrons. The average molecular weight is 605 g/mol. The van der Waals surface area contributed by atoms with Crippen LogP contribution in [-0.4, -0.2) is 46.3 Å². The highest BCUT2D eigenvalue weighted by molar-refractivity contribution is 14.1. The number of Topliss-reactive ketones (excluding diaryl/α,β-unsaturated/α-hetero) is 1. The Bertz CT molecular complexity index is 1320. The first-order chi connectivity index (χ1) is 16.7. The second-order valence-electron chi connectivity index (χ2n) is 8.02. The first-order valence-electron chi connectivity index (χ1n) is 11.2. The monoisotopic (exact) mass is 604 g/mol. The van der Waals surface area contributed by atoms with Gasteiger partial charge in [0.25, 0.3) is 0 Å². The van der Waals surface area contributed by atoms with Crippen LogP contribution in [0.25, 0.3) is 5.57 Å². The van der Waals surface area contributed by atoms with Gasteiger partial charge in [-0.2, -0.15) is 8.42 Å². The summed E-state index contributed by atoms with van der Waals surface area (Å²) < 4.78 is 32.7. The van der Waals surface area contributed by atoms with E-state index in [9.17, 15) is 13.2 Å². The van der Waals surface area contributed by atoms with Gasteiger partial charge < -0.3 is 14.0 Å². The smallest absolute Gasteiger partial charge is 0.339 e. The highest BCUT2D eigenvalue weighted by Crippen LogP contribution is 2.33. The molecule has 3 aromatic rings. The zero-order valence-electron chi connectivity index (χ0n) is 20.2. The van der Waals surface area contributed by atoms with Gasteiger partial charge in [0.05, 0.1) is 5.56 Å². The number of hydrogen-bond donors (Lipinski definition) is 0. The van der Waals surface area contributed by atoms with E-state index < -0.39 is 10.1 Å². The Labute approximate surface area is 221 Å². The molecular weight excluding hydrogens is 575 g/mol. The Balaban J connectivity index is 2.17. The molecule has 3 rings (SSSR count). The summed E-state index contributed by atoms with van der Waals surface area (Å²) in [5.74, 6) is -0.328. The van der Waals surface area contributed by atoms with E-state index in [1.807, 2.05) is 58.3 Å². The molecule has 35 heavy (non-hydrogen) atoms. The maximum atomic E-state index is 13.9. The van der Waals surface area contributed by atoms with E-state index in [1.54, 1.807) is 41.4 Å². The fraction of sp³-hybridized carbons (Fsp3) is 0.222. The van der Waals surface area contributed by atoms with Gasteiger partial charge in [0.15, 0.2) is 11.5 Å². The minimum atomic E-state index is -4.15. The fourth-order valence-electron chi connectivity index (χ4n) is 3.64. The number of anilines is 1. The molecule has 0 fully saturated rings. The summed E-state index contributed by atoms with van der Waals surface area (Å²) in [4.78, 5) is 17.8. The van der Waals surface area contributed by atoms with Crippen LogP contribution in [0.1, 0.15) is 29.8 Å². The van der Waals surface area contributed by atoms with Crippen LogP contribution < -0.4 is 9.08 Å². The lowest BCUT2D eigenvalue weighted by atomic mass is 9.96. The van der Waals surface area contributed by atoms with Gasteiger partial charge in [0, 0.05) is 59.8 Å². The first kappa shape index (κ1) is 26.7. The van der Waals surface area contributed by atoms with Crippen LogP contribution in [0.2, 0.25) is 0 Å². The SMILES string of the molecule is CCN(CC)c1ccc(C(=O)/C(=C/N(C)C)c2ccccc2I)c(OS(=O)(=O)c2ccccc2)c1. The summed E-state index contributed by atoms with van der Waals surface area (Å²) in [6.07, 6.45) is 1.74. The highest BCUT2D eigenvalue weighted by atomic mass is 127. The highest BCUT2D eigenvalue weighted by Gasteiger charge is 2.25. The Morgan fingerprint density at radius 2 is 1.54 bits per heavy atom. The van der Waals surface area contributed by atoms with Crippen LogP contribution in [0, 0.1) is 3.57 Å². The van der Waals surface area contributed by atoms with Gasteiger partial charge in [-0.3, -0.25) is 4.79 Å². The van der Waals surface area contributed by atoms with Gasteiger partial charge >= 0.3 is 10.1 Å². The van der Waals surface area contributed by atoms with E-state index in [-0.39, 0.29) is 22.0 Å². The Kier molecular flexibility index (Phi) is 8.96. The topological polar surface area (TPSA) is 66.9 Å². The standard InChI is InChI=1S/C27H29IN2O4S/c1-5-30(6-2)20-16-17-23(26(18-20)34-35(32,33)21-12-8-7-9-13-21)27(31)24(19-29(3)4)22-14-10-11-15-25(22)28/h7-19H,5-6H2,1-4H3/b24-19+. The molecule has 6 nitrogen and oxygen atoms in total. The van der Waals surface area contributed by atoms with Crippen molar-refractivity contribution in [2.24, 2.45) is 0 Å². The number of nitrogens with zero attached hydrogens (tertiary/aromatic N) is 2. The largest absolute Gasteiger partial charge is 0.383 e. The van der Waals surface area contributed by atoms with Crippen molar-refractivity contribution in [2.75, 3.05) is 32.1 Å². The molecule has 0 saturated carbocycles. The predicted molar refractivity (Wildman–Crippen MR) is 149 cm³/mol. The zero-order valence-corrected chi connectivity index (χ0v) is 23.2. The summed E-state index contributed by atoms with van der Waals surface area (Å²) in [6, 6.07) is 20.6. The third-order valence-electron chi connectivity index (χ3n) is 5.37. The average Bonchev–Trinajstić information content (AvgIpc) is 2.84. The second kappa shape index (κ2) is 11.7. The van der Waals surface area contributed by atoms with Gasteiger partial charge in [0.1, 0.15) is 4.90 Å². The molecule has 0 amide bonds. The number of allylic oxidation sites excluding steroid dienone is 1. The van der Waals surface area contributed by atoms with Crippen LogP contribution >= 0.6 is 22.6 Å². The third kappa shape index (κ3) is 6.43. The van der Waals surface area contributed by atoms with Gasteiger partial charge in [0.2, 0.25) is 0 Å². The minimum absolute atomic E-state index is 0.00107. The Morgan fingerprint density at radius 1 is 0.914 bits per heavy atom. The number of carbonyl (C=O) groups excluding carboxylic acids is 1. The van der Waals surface area contributed by atoms with Crippen molar-refractivity contribution in [3.05, 3.63) is 93.7 Å². The Hall–Kier alpha value is -2.85. The molecule has 3 aromatic carbocycles. The van der Waals surface area contributed by atoms with Gasteiger partial charge in [-0.05, 0) is 66.8 Å². The van der Waals surface area contributed by atoms with Crippen LogP contribution in [0.4, 0.5) is 5.69 Å². The van der Waals surface area contributed by atoms with Crippen LogP contribution in [0.15, 0.2) is 83.9 Å². The molecule has 0 bridgehead atoms. The van der Waals surface area contributed by atoms with Crippen LogP contribution in [0.3, 0.4) is 0 Å². The lowest BCUT2D eigenvalue weighted by Crippen LogP contribution is -2.22.